The van der Waals surface area contributed by atoms with E-state index in [2.05, 4.69) is 10.6 Å². The summed E-state index contributed by atoms with van der Waals surface area (Å²) in [4.78, 5) is 42.9. The highest BCUT2D eigenvalue weighted by molar-refractivity contribution is 6.04. The molecule has 3 amide bonds. The van der Waals surface area contributed by atoms with E-state index < -0.39 is 41.0 Å². The second kappa shape index (κ2) is 9.15. The van der Waals surface area contributed by atoms with Crippen molar-refractivity contribution in [1.82, 2.24) is 10.2 Å². The predicted octanol–water partition coefficient (Wildman–Crippen LogP) is 2.12. The topological polar surface area (TPSA) is 117 Å². The summed E-state index contributed by atoms with van der Waals surface area (Å²) >= 11 is 0. The molecule has 3 unspecified atom stereocenters. The maximum atomic E-state index is 14.2. The number of fused-ring (bicyclic) bond motifs is 1. The summed E-state index contributed by atoms with van der Waals surface area (Å²) in [5, 5.41) is 16.1. The van der Waals surface area contributed by atoms with Crippen molar-refractivity contribution in [2.24, 2.45) is 17.8 Å². The SMILES string of the molecule is CNC(=O)[C@@H]1[C@H]2C(=O)N([C@H](CO)c3ccccc3)C(C(=O)Nc3ccc(OC)cc3)C23CC(C)[C@@]1(C)O3. The Morgan fingerprint density at radius 3 is 2.43 bits per heavy atom. The number of hydrogen-bond donors (Lipinski definition) is 3. The number of methoxy groups -OCH3 is 1. The molecule has 3 aliphatic rings. The van der Waals surface area contributed by atoms with Crippen LogP contribution in [0.15, 0.2) is 54.6 Å². The Labute approximate surface area is 216 Å². The number of rotatable bonds is 7. The Morgan fingerprint density at radius 1 is 1.16 bits per heavy atom. The summed E-state index contributed by atoms with van der Waals surface area (Å²) < 4.78 is 11.9. The lowest BCUT2D eigenvalue weighted by Gasteiger charge is -2.37. The average Bonchev–Trinajstić information content (AvgIpc) is 3.42. The van der Waals surface area contributed by atoms with Gasteiger partial charge in [0, 0.05) is 12.7 Å². The molecule has 196 valence electrons. The maximum absolute atomic E-state index is 14.2. The van der Waals surface area contributed by atoms with Crippen LogP contribution in [-0.4, -0.2) is 65.7 Å². The predicted molar refractivity (Wildman–Crippen MR) is 136 cm³/mol. The maximum Gasteiger partial charge on any atom is 0.250 e. The lowest BCUT2D eigenvalue weighted by Crippen LogP contribution is -2.55. The van der Waals surface area contributed by atoms with Crippen molar-refractivity contribution in [2.75, 3.05) is 26.1 Å². The number of anilines is 1. The van der Waals surface area contributed by atoms with E-state index in [1.807, 2.05) is 44.2 Å². The number of hydrogen-bond acceptors (Lipinski definition) is 6. The molecule has 1 spiro atoms. The molecule has 0 aliphatic carbocycles. The van der Waals surface area contributed by atoms with Crippen LogP contribution in [0.3, 0.4) is 0 Å². The van der Waals surface area contributed by atoms with E-state index in [4.69, 9.17) is 9.47 Å². The summed E-state index contributed by atoms with van der Waals surface area (Å²) in [6.45, 7) is 3.47. The van der Waals surface area contributed by atoms with E-state index in [1.165, 1.54) is 4.90 Å². The molecule has 37 heavy (non-hydrogen) atoms. The summed E-state index contributed by atoms with van der Waals surface area (Å²) in [5.74, 6) is -2.11. The number of ether oxygens (including phenoxy) is 2. The first-order valence-corrected chi connectivity index (χ1v) is 12.6. The molecule has 3 saturated heterocycles. The fourth-order valence-corrected chi connectivity index (χ4v) is 6.78. The van der Waals surface area contributed by atoms with E-state index in [0.717, 1.165) is 0 Å². The Bertz CT molecular complexity index is 1200. The summed E-state index contributed by atoms with van der Waals surface area (Å²) in [6.07, 6.45) is 0.442. The molecule has 5 rings (SSSR count). The Morgan fingerprint density at radius 2 is 1.84 bits per heavy atom. The number of aliphatic hydroxyl groups excluding tert-OH is 1. The number of aliphatic hydroxyl groups is 1. The molecular weight excluding hydrogens is 474 g/mol. The largest absolute Gasteiger partial charge is 0.497 e. The molecule has 3 aliphatic heterocycles. The third kappa shape index (κ3) is 3.63. The van der Waals surface area contributed by atoms with Crippen LogP contribution in [0.2, 0.25) is 0 Å². The van der Waals surface area contributed by atoms with Crippen molar-refractivity contribution in [3.8, 4) is 5.75 Å². The first-order valence-electron chi connectivity index (χ1n) is 12.6. The molecule has 3 fully saturated rings. The van der Waals surface area contributed by atoms with Crippen LogP contribution in [-0.2, 0) is 19.1 Å². The van der Waals surface area contributed by atoms with Gasteiger partial charge in [0.2, 0.25) is 17.7 Å². The highest BCUT2D eigenvalue weighted by atomic mass is 16.5. The minimum Gasteiger partial charge on any atom is -0.497 e. The van der Waals surface area contributed by atoms with Gasteiger partial charge in [-0.25, -0.2) is 0 Å². The van der Waals surface area contributed by atoms with Gasteiger partial charge in [-0.15, -0.1) is 0 Å². The van der Waals surface area contributed by atoms with Crippen molar-refractivity contribution in [2.45, 2.75) is 43.6 Å². The molecule has 2 aromatic rings. The summed E-state index contributed by atoms with van der Waals surface area (Å²) in [7, 11) is 3.10. The Kier molecular flexibility index (Phi) is 6.24. The minimum atomic E-state index is -1.21. The zero-order valence-electron chi connectivity index (χ0n) is 21.4. The first kappa shape index (κ1) is 25.2. The lowest BCUT2D eigenvalue weighted by atomic mass is 9.62. The van der Waals surface area contributed by atoms with Crippen molar-refractivity contribution in [1.29, 1.82) is 0 Å². The molecule has 3 N–H and O–H groups in total. The quantitative estimate of drug-likeness (QED) is 0.529. The van der Waals surface area contributed by atoms with Gasteiger partial charge in [0.1, 0.15) is 17.4 Å². The summed E-state index contributed by atoms with van der Waals surface area (Å²) in [6, 6.07) is 14.2. The lowest BCUT2D eigenvalue weighted by molar-refractivity contribution is -0.149. The minimum absolute atomic E-state index is 0.0700. The van der Waals surface area contributed by atoms with E-state index >= 15 is 0 Å². The number of carbonyl (C=O) groups is 3. The highest BCUT2D eigenvalue weighted by Crippen LogP contribution is 2.66. The van der Waals surface area contributed by atoms with Gasteiger partial charge in [-0.1, -0.05) is 37.3 Å². The van der Waals surface area contributed by atoms with E-state index in [0.29, 0.717) is 23.4 Å². The van der Waals surface area contributed by atoms with Gasteiger partial charge < -0.3 is 30.1 Å². The standard InChI is InChI=1S/C28H33N3O6/c1-16-14-28-22(21(24(33)29-3)27(16,2)37-28)26(35)31(20(15-32)17-8-6-5-7-9-17)23(28)25(34)30-18-10-12-19(36-4)13-11-18/h5-13,16,20-23,32H,14-15H2,1-4H3,(H,29,33)(H,30,34)/t16?,20-,21+,22+,23?,27-,28?/m1/s1. The fraction of sp³-hybridized carbons (Fsp3) is 0.464. The Hall–Kier alpha value is -3.43. The highest BCUT2D eigenvalue weighted by Gasteiger charge is 2.80. The monoisotopic (exact) mass is 507 g/mol. The molecule has 2 aromatic carbocycles. The van der Waals surface area contributed by atoms with Crippen molar-refractivity contribution in [3.63, 3.8) is 0 Å². The van der Waals surface area contributed by atoms with E-state index in [1.54, 1.807) is 38.4 Å². The van der Waals surface area contributed by atoms with Gasteiger partial charge in [-0.3, -0.25) is 14.4 Å². The van der Waals surface area contributed by atoms with E-state index in [9.17, 15) is 19.5 Å². The van der Waals surface area contributed by atoms with Crippen molar-refractivity contribution in [3.05, 3.63) is 60.2 Å². The van der Waals surface area contributed by atoms with Crippen LogP contribution in [0.1, 0.15) is 31.9 Å². The van der Waals surface area contributed by atoms with Gasteiger partial charge in [0.25, 0.3) is 0 Å². The summed E-state index contributed by atoms with van der Waals surface area (Å²) in [5.41, 5.74) is -0.872. The fourth-order valence-electron chi connectivity index (χ4n) is 6.78. The molecule has 2 bridgehead atoms. The smallest absolute Gasteiger partial charge is 0.250 e. The second-order valence-corrected chi connectivity index (χ2v) is 10.4. The van der Waals surface area contributed by atoms with Crippen molar-refractivity contribution >= 4 is 23.4 Å². The third-order valence-electron chi connectivity index (χ3n) is 8.58. The molecule has 9 heteroatoms. The van der Waals surface area contributed by atoms with Gasteiger partial charge >= 0.3 is 0 Å². The van der Waals surface area contributed by atoms with Crippen LogP contribution in [0.5, 0.6) is 5.75 Å². The van der Waals surface area contributed by atoms with Crippen LogP contribution in [0, 0.1) is 17.8 Å². The van der Waals surface area contributed by atoms with Crippen LogP contribution in [0.4, 0.5) is 5.69 Å². The van der Waals surface area contributed by atoms with Gasteiger partial charge in [-0.2, -0.15) is 0 Å². The van der Waals surface area contributed by atoms with Crippen LogP contribution >= 0.6 is 0 Å². The molecule has 0 radical (unpaired) electrons. The van der Waals surface area contributed by atoms with Gasteiger partial charge in [0.15, 0.2) is 0 Å². The van der Waals surface area contributed by atoms with E-state index in [-0.39, 0.29) is 24.3 Å². The second-order valence-electron chi connectivity index (χ2n) is 10.4. The number of nitrogens with zero attached hydrogens (tertiary/aromatic N) is 1. The van der Waals surface area contributed by atoms with Crippen molar-refractivity contribution < 1.29 is 29.0 Å². The van der Waals surface area contributed by atoms with Crippen LogP contribution < -0.4 is 15.4 Å². The van der Waals surface area contributed by atoms with Gasteiger partial charge in [0.05, 0.1) is 37.2 Å². The normalized spacial score (nSPS) is 32.7. The zero-order chi connectivity index (χ0) is 26.5. The molecular formula is C28H33N3O6. The number of amides is 3. The Balaban J connectivity index is 1.62. The molecule has 9 nitrogen and oxygen atoms in total. The molecule has 3 heterocycles. The zero-order valence-corrected chi connectivity index (χ0v) is 21.4. The van der Waals surface area contributed by atoms with Crippen LogP contribution in [0.25, 0.3) is 0 Å². The number of nitrogens with one attached hydrogen (secondary N) is 2. The molecule has 7 atom stereocenters. The third-order valence-corrected chi connectivity index (χ3v) is 8.58. The number of carbonyl (C=O) groups excluding carboxylic acids is 3. The number of likely N-dealkylation sites (tertiary alicyclic amines) is 1. The molecule has 0 aromatic heterocycles. The van der Waals surface area contributed by atoms with Gasteiger partial charge in [-0.05, 0) is 49.1 Å². The average molecular weight is 508 g/mol. The molecule has 0 saturated carbocycles. The first-order chi connectivity index (χ1) is 17.7. The number of benzene rings is 2.